The van der Waals surface area contributed by atoms with E-state index in [-0.39, 0.29) is 5.54 Å². The van der Waals surface area contributed by atoms with Gasteiger partial charge in [-0.05, 0) is 44.4 Å². The molecule has 1 aliphatic rings. The number of aryl methyl sites for hydroxylation is 1. The maximum Gasteiger partial charge on any atom is 0.0540 e. The molecule has 1 heterocycles. The van der Waals surface area contributed by atoms with Crippen molar-refractivity contribution in [3.05, 3.63) is 18.0 Å². The molecule has 2 rings (SSSR count). The zero-order valence-electron chi connectivity index (χ0n) is 11.3. The predicted molar refractivity (Wildman–Crippen MR) is 70.6 cm³/mol. The van der Waals surface area contributed by atoms with Gasteiger partial charge in [-0.1, -0.05) is 13.8 Å². The summed E-state index contributed by atoms with van der Waals surface area (Å²) >= 11 is 0. The fourth-order valence-electron chi connectivity index (χ4n) is 2.90. The zero-order valence-corrected chi connectivity index (χ0v) is 11.3. The highest BCUT2D eigenvalue weighted by atomic mass is 15.3. The van der Waals surface area contributed by atoms with Crippen LogP contribution in [0.5, 0.6) is 0 Å². The van der Waals surface area contributed by atoms with E-state index in [9.17, 15) is 0 Å². The van der Waals surface area contributed by atoms with Gasteiger partial charge in [0.05, 0.1) is 6.20 Å². The van der Waals surface area contributed by atoms with Crippen LogP contribution in [0.3, 0.4) is 0 Å². The summed E-state index contributed by atoms with van der Waals surface area (Å²) in [5, 5.41) is 4.35. The molecule has 1 aliphatic carbocycles. The van der Waals surface area contributed by atoms with Gasteiger partial charge in [0.25, 0.3) is 0 Å². The summed E-state index contributed by atoms with van der Waals surface area (Å²) in [5.74, 6) is 1.64. The Balaban J connectivity index is 2.06. The highest BCUT2D eigenvalue weighted by Crippen LogP contribution is 2.39. The van der Waals surface area contributed by atoms with E-state index < -0.39 is 0 Å². The second-order valence-corrected chi connectivity index (χ2v) is 5.82. The fourth-order valence-corrected chi connectivity index (χ4v) is 2.90. The molecule has 1 fully saturated rings. The normalized spacial score (nSPS) is 29.8. The first-order valence-corrected chi connectivity index (χ1v) is 6.87. The third-order valence-electron chi connectivity index (χ3n) is 4.40. The van der Waals surface area contributed by atoms with Crippen molar-refractivity contribution < 1.29 is 0 Å². The van der Waals surface area contributed by atoms with Crippen LogP contribution in [0.15, 0.2) is 12.4 Å². The summed E-state index contributed by atoms with van der Waals surface area (Å²) in [6, 6.07) is 0. The summed E-state index contributed by atoms with van der Waals surface area (Å²) in [5.41, 5.74) is 7.65. The molecule has 1 aromatic rings. The van der Waals surface area contributed by atoms with E-state index >= 15 is 0 Å². The van der Waals surface area contributed by atoms with Gasteiger partial charge in [-0.2, -0.15) is 5.10 Å². The molecule has 17 heavy (non-hydrogen) atoms. The average Bonchev–Trinajstić information content (AvgIpc) is 2.78. The number of rotatable bonds is 3. The Labute approximate surface area is 104 Å². The molecule has 0 radical (unpaired) electrons. The van der Waals surface area contributed by atoms with E-state index in [0.717, 1.165) is 31.2 Å². The highest BCUT2D eigenvalue weighted by molar-refractivity contribution is 5.18. The number of hydrogen-bond acceptors (Lipinski definition) is 2. The molecule has 2 N–H and O–H groups in total. The molecule has 0 aromatic carbocycles. The van der Waals surface area contributed by atoms with Crippen LogP contribution in [0.1, 0.15) is 52.0 Å². The third-order valence-corrected chi connectivity index (χ3v) is 4.40. The van der Waals surface area contributed by atoms with Gasteiger partial charge in [0, 0.05) is 23.8 Å². The minimum atomic E-state index is -0.126. The van der Waals surface area contributed by atoms with Gasteiger partial charge in [-0.25, -0.2) is 0 Å². The standard InChI is InChI=1S/C14H25N3/c1-4-17-10-13(9-16-17)14(15)7-5-12(6-8-14)11(2)3/h9-12H,4-8,15H2,1-3H3. The molecule has 0 saturated heterocycles. The summed E-state index contributed by atoms with van der Waals surface area (Å²) < 4.78 is 1.97. The first-order valence-electron chi connectivity index (χ1n) is 6.87. The SMILES string of the molecule is CCn1cc(C2(N)CCC(C(C)C)CC2)cn1. The Hall–Kier alpha value is -0.830. The summed E-state index contributed by atoms with van der Waals surface area (Å²) in [7, 11) is 0. The molecule has 96 valence electrons. The average molecular weight is 235 g/mol. The first-order chi connectivity index (χ1) is 8.05. The Morgan fingerprint density at radius 1 is 1.47 bits per heavy atom. The van der Waals surface area contributed by atoms with Crippen molar-refractivity contribution in [3.8, 4) is 0 Å². The van der Waals surface area contributed by atoms with Crippen LogP contribution in [0.4, 0.5) is 0 Å². The number of nitrogens with zero attached hydrogens (tertiary/aromatic N) is 2. The minimum absolute atomic E-state index is 0.126. The lowest BCUT2D eigenvalue weighted by atomic mass is 9.71. The summed E-state index contributed by atoms with van der Waals surface area (Å²) in [6.45, 7) is 7.67. The van der Waals surface area contributed by atoms with Gasteiger partial charge >= 0.3 is 0 Å². The van der Waals surface area contributed by atoms with E-state index in [1.807, 2.05) is 10.9 Å². The van der Waals surface area contributed by atoms with E-state index in [1.165, 1.54) is 18.4 Å². The predicted octanol–water partition coefficient (Wildman–Crippen LogP) is 2.90. The Morgan fingerprint density at radius 2 is 2.12 bits per heavy atom. The van der Waals surface area contributed by atoms with E-state index in [2.05, 4.69) is 32.1 Å². The van der Waals surface area contributed by atoms with Crippen LogP contribution < -0.4 is 5.73 Å². The maximum absolute atomic E-state index is 6.56. The highest BCUT2D eigenvalue weighted by Gasteiger charge is 2.34. The molecule has 3 nitrogen and oxygen atoms in total. The van der Waals surface area contributed by atoms with Gasteiger partial charge in [-0.3, -0.25) is 4.68 Å². The van der Waals surface area contributed by atoms with Gasteiger partial charge in [0.1, 0.15) is 0 Å². The van der Waals surface area contributed by atoms with Gasteiger partial charge in [0.15, 0.2) is 0 Å². The van der Waals surface area contributed by atoms with Gasteiger partial charge < -0.3 is 5.73 Å². The van der Waals surface area contributed by atoms with Crippen LogP contribution in [0.25, 0.3) is 0 Å². The number of nitrogens with two attached hydrogens (primary N) is 1. The fraction of sp³-hybridized carbons (Fsp3) is 0.786. The summed E-state index contributed by atoms with van der Waals surface area (Å²) in [4.78, 5) is 0. The van der Waals surface area contributed by atoms with Crippen LogP contribution in [0, 0.1) is 11.8 Å². The maximum atomic E-state index is 6.56. The van der Waals surface area contributed by atoms with E-state index in [0.29, 0.717) is 0 Å². The Morgan fingerprint density at radius 3 is 2.59 bits per heavy atom. The third kappa shape index (κ3) is 2.54. The van der Waals surface area contributed by atoms with Crippen molar-refractivity contribution in [1.82, 2.24) is 9.78 Å². The number of hydrogen-bond donors (Lipinski definition) is 1. The molecule has 0 atom stereocenters. The molecule has 0 aliphatic heterocycles. The largest absolute Gasteiger partial charge is 0.321 e. The molecule has 0 unspecified atom stereocenters. The summed E-state index contributed by atoms with van der Waals surface area (Å²) in [6.07, 6.45) is 8.79. The van der Waals surface area contributed by atoms with Crippen molar-refractivity contribution in [2.24, 2.45) is 17.6 Å². The molecule has 0 bridgehead atoms. The van der Waals surface area contributed by atoms with Gasteiger partial charge in [0.2, 0.25) is 0 Å². The molecule has 0 spiro atoms. The van der Waals surface area contributed by atoms with E-state index in [4.69, 9.17) is 5.73 Å². The molecule has 0 amide bonds. The van der Waals surface area contributed by atoms with Crippen LogP contribution >= 0.6 is 0 Å². The van der Waals surface area contributed by atoms with E-state index in [1.54, 1.807) is 0 Å². The second kappa shape index (κ2) is 4.81. The molecular weight excluding hydrogens is 210 g/mol. The van der Waals surface area contributed by atoms with Crippen LogP contribution in [-0.4, -0.2) is 9.78 Å². The van der Waals surface area contributed by atoms with Crippen molar-refractivity contribution in [1.29, 1.82) is 0 Å². The minimum Gasteiger partial charge on any atom is -0.321 e. The Bertz CT molecular complexity index is 359. The lowest BCUT2D eigenvalue weighted by molar-refractivity contribution is 0.196. The monoisotopic (exact) mass is 235 g/mol. The quantitative estimate of drug-likeness (QED) is 0.875. The zero-order chi connectivity index (χ0) is 12.5. The Kier molecular flexibility index (Phi) is 3.57. The van der Waals surface area contributed by atoms with Crippen LogP contribution in [0.2, 0.25) is 0 Å². The topological polar surface area (TPSA) is 43.8 Å². The van der Waals surface area contributed by atoms with Crippen LogP contribution in [-0.2, 0) is 12.1 Å². The molecule has 1 saturated carbocycles. The number of aromatic nitrogens is 2. The molecular formula is C14H25N3. The first kappa shape index (κ1) is 12.6. The van der Waals surface area contributed by atoms with Crippen molar-refractivity contribution in [2.45, 2.75) is 58.5 Å². The molecule has 1 aromatic heterocycles. The smallest absolute Gasteiger partial charge is 0.0540 e. The molecule has 3 heteroatoms. The van der Waals surface area contributed by atoms with Crippen molar-refractivity contribution in [2.75, 3.05) is 0 Å². The van der Waals surface area contributed by atoms with Crippen molar-refractivity contribution >= 4 is 0 Å². The van der Waals surface area contributed by atoms with Crippen molar-refractivity contribution in [3.63, 3.8) is 0 Å². The lowest BCUT2D eigenvalue weighted by Crippen LogP contribution is -2.40. The lowest BCUT2D eigenvalue weighted by Gasteiger charge is -2.38. The van der Waals surface area contributed by atoms with Gasteiger partial charge in [-0.15, -0.1) is 0 Å². The second-order valence-electron chi connectivity index (χ2n) is 5.82.